The van der Waals surface area contributed by atoms with Crippen LogP contribution in [0.1, 0.15) is 12.0 Å². The fourth-order valence-electron chi connectivity index (χ4n) is 1.87. The normalized spacial score (nSPS) is 10.0. The maximum atomic E-state index is 11.4. The van der Waals surface area contributed by atoms with Crippen molar-refractivity contribution in [2.45, 2.75) is 12.8 Å². The number of carbonyl (C=O) groups is 1. The van der Waals surface area contributed by atoms with Crippen molar-refractivity contribution in [1.82, 2.24) is 10.3 Å². The molecule has 0 saturated heterocycles. The van der Waals surface area contributed by atoms with Crippen LogP contribution in [0.15, 0.2) is 48.8 Å². The number of amides is 1. The monoisotopic (exact) mass is 268 g/mol. The van der Waals surface area contributed by atoms with Gasteiger partial charge in [-0.25, -0.2) is 0 Å². The number of aryl methyl sites for hydroxylation is 1. The molecule has 0 fully saturated rings. The molecule has 0 aliphatic rings. The topological polar surface area (TPSA) is 91.9 Å². The predicted octanol–water partition coefficient (Wildman–Crippen LogP) is 1.69. The number of carbonyl (C=O) groups excluding carboxylic acids is 1. The molecule has 102 valence electrons. The lowest BCUT2D eigenvalue weighted by molar-refractivity contribution is -0.119. The molecule has 20 heavy (non-hydrogen) atoms. The van der Waals surface area contributed by atoms with E-state index in [0.717, 1.165) is 16.7 Å². The van der Waals surface area contributed by atoms with Gasteiger partial charge in [0.25, 0.3) is 0 Å². The van der Waals surface area contributed by atoms with Crippen molar-refractivity contribution < 1.29 is 4.79 Å². The van der Waals surface area contributed by atoms with Gasteiger partial charge in [0.1, 0.15) is 0 Å². The lowest BCUT2D eigenvalue weighted by atomic mass is 10.0. The summed E-state index contributed by atoms with van der Waals surface area (Å²) in [4.78, 5) is 15.5. The maximum Gasteiger partial charge on any atom is 0.226 e. The van der Waals surface area contributed by atoms with Crippen LogP contribution in [-0.2, 0) is 11.2 Å². The Morgan fingerprint density at radius 3 is 2.55 bits per heavy atom. The molecule has 5 nitrogen and oxygen atoms in total. The first-order valence-electron chi connectivity index (χ1n) is 6.28. The second kappa shape index (κ2) is 6.47. The van der Waals surface area contributed by atoms with E-state index in [1.165, 1.54) is 0 Å². The zero-order valence-electron chi connectivity index (χ0n) is 11.0. The number of rotatable bonds is 4. The molecule has 2 rings (SSSR count). The van der Waals surface area contributed by atoms with Crippen LogP contribution in [0, 0.1) is 5.41 Å². The van der Waals surface area contributed by atoms with Crippen molar-refractivity contribution >= 4 is 11.9 Å². The number of benzene rings is 1. The molecule has 0 spiro atoms. The van der Waals surface area contributed by atoms with Crippen LogP contribution in [0.25, 0.3) is 11.1 Å². The summed E-state index contributed by atoms with van der Waals surface area (Å²) in [6.07, 6.45) is 4.49. The van der Waals surface area contributed by atoms with Crippen LogP contribution in [0.5, 0.6) is 0 Å². The van der Waals surface area contributed by atoms with Crippen molar-refractivity contribution in [2.75, 3.05) is 0 Å². The van der Waals surface area contributed by atoms with Crippen LogP contribution in [0.3, 0.4) is 0 Å². The Morgan fingerprint density at radius 2 is 1.95 bits per heavy atom. The van der Waals surface area contributed by atoms with E-state index < -0.39 is 0 Å². The third-order valence-electron chi connectivity index (χ3n) is 2.86. The molecule has 0 radical (unpaired) electrons. The minimum atomic E-state index is -0.318. The summed E-state index contributed by atoms with van der Waals surface area (Å²) < 4.78 is 0. The molecule has 1 heterocycles. The Balaban J connectivity index is 1.95. The van der Waals surface area contributed by atoms with Crippen LogP contribution >= 0.6 is 0 Å². The van der Waals surface area contributed by atoms with E-state index in [0.29, 0.717) is 12.8 Å². The number of pyridine rings is 1. The minimum Gasteiger partial charge on any atom is -0.370 e. The second-order valence-corrected chi connectivity index (χ2v) is 4.40. The molecule has 1 aromatic heterocycles. The molecule has 2 aromatic rings. The van der Waals surface area contributed by atoms with Gasteiger partial charge in [-0.1, -0.05) is 30.3 Å². The Kier molecular flexibility index (Phi) is 4.44. The number of nitrogens with two attached hydrogens (primary N) is 1. The highest BCUT2D eigenvalue weighted by atomic mass is 16.1. The highest BCUT2D eigenvalue weighted by molar-refractivity contribution is 5.94. The molecular formula is C15H16N4O. The first kappa shape index (κ1) is 13.7. The summed E-state index contributed by atoms with van der Waals surface area (Å²) in [5, 5.41) is 9.24. The van der Waals surface area contributed by atoms with Gasteiger partial charge in [-0.05, 0) is 29.2 Å². The molecule has 1 amide bonds. The first-order chi connectivity index (χ1) is 9.65. The van der Waals surface area contributed by atoms with Gasteiger partial charge >= 0.3 is 0 Å². The minimum absolute atomic E-state index is 0.242. The standard InChI is InChI=1S/C15H16N4O/c16-15(17)19-14(20)8-5-11-3-6-12(7-4-11)13-2-1-9-18-10-13/h1-4,6-7,9-10H,5,8H2,(H4,16,17,19,20). The van der Waals surface area contributed by atoms with Crippen LogP contribution < -0.4 is 11.1 Å². The second-order valence-electron chi connectivity index (χ2n) is 4.40. The number of nitrogens with zero attached hydrogens (tertiary/aromatic N) is 1. The highest BCUT2D eigenvalue weighted by Gasteiger charge is 2.03. The van der Waals surface area contributed by atoms with Gasteiger partial charge in [-0.3, -0.25) is 20.5 Å². The Labute approximate surface area is 117 Å². The summed E-state index contributed by atoms with van der Waals surface area (Å²) in [7, 11) is 0. The molecule has 0 unspecified atom stereocenters. The summed E-state index contributed by atoms with van der Waals surface area (Å²) in [6.45, 7) is 0. The van der Waals surface area contributed by atoms with Gasteiger partial charge in [-0.2, -0.15) is 0 Å². The van der Waals surface area contributed by atoms with Gasteiger partial charge in [0.15, 0.2) is 5.96 Å². The Bertz CT molecular complexity index is 593. The lowest BCUT2D eigenvalue weighted by Gasteiger charge is -2.05. The third kappa shape index (κ3) is 3.91. The van der Waals surface area contributed by atoms with Gasteiger partial charge in [0.05, 0.1) is 0 Å². The van der Waals surface area contributed by atoms with Gasteiger partial charge in [0, 0.05) is 18.8 Å². The molecule has 0 atom stereocenters. The quantitative estimate of drug-likeness (QED) is 0.582. The number of hydrogen-bond donors (Lipinski definition) is 3. The van der Waals surface area contributed by atoms with Crippen molar-refractivity contribution in [3.63, 3.8) is 0 Å². The van der Waals surface area contributed by atoms with Crippen LogP contribution in [0.2, 0.25) is 0 Å². The highest BCUT2D eigenvalue weighted by Crippen LogP contribution is 2.18. The van der Waals surface area contributed by atoms with Crippen molar-refractivity contribution in [3.05, 3.63) is 54.4 Å². The zero-order valence-corrected chi connectivity index (χ0v) is 11.0. The van der Waals surface area contributed by atoms with Gasteiger partial charge in [-0.15, -0.1) is 0 Å². The number of aromatic nitrogens is 1. The SMILES string of the molecule is N=C(N)NC(=O)CCc1ccc(-c2cccnc2)cc1. The van der Waals surface area contributed by atoms with Gasteiger partial charge in [0.2, 0.25) is 5.91 Å². The molecule has 0 aliphatic carbocycles. The average molecular weight is 268 g/mol. The summed E-state index contributed by atoms with van der Waals surface area (Å²) in [5.41, 5.74) is 8.31. The lowest BCUT2D eigenvalue weighted by Crippen LogP contribution is -2.35. The predicted molar refractivity (Wildman–Crippen MR) is 78.1 cm³/mol. The van der Waals surface area contributed by atoms with Crippen molar-refractivity contribution in [3.8, 4) is 11.1 Å². The Morgan fingerprint density at radius 1 is 1.20 bits per heavy atom. The zero-order chi connectivity index (χ0) is 14.4. The Hall–Kier alpha value is -2.69. The molecule has 0 aliphatic heterocycles. The van der Waals surface area contributed by atoms with E-state index >= 15 is 0 Å². The number of hydrogen-bond acceptors (Lipinski definition) is 3. The van der Waals surface area contributed by atoms with E-state index in [4.69, 9.17) is 11.1 Å². The first-order valence-corrected chi connectivity index (χ1v) is 6.28. The van der Waals surface area contributed by atoms with Crippen molar-refractivity contribution in [1.29, 1.82) is 5.41 Å². The van der Waals surface area contributed by atoms with E-state index in [2.05, 4.69) is 10.3 Å². The van der Waals surface area contributed by atoms with E-state index in [-0.39, 0.29) is 11.9 Å². The third-order valence-corrected chi connectivity index (χ3v) is 2.86. The van der Waals surface area contributed by atoms with E-state index in [1.54, 1.807) is 6.20 Å². The molecule has 0 saturated carbocycles. The van der Waals surface area contributed by atoms with Crippen LogP contribution in [-0.4, -0.2) is 16.9 Å². The fourth-order valence-corrected chi connectivity index (χ4v) is 1.87. The number of guanidine groups is 1. The van der Waals surface area contributed by atoms with Gasteiger partial charge < -0.3 is 5.73 Å². The molecule has 4 N–H and O–H groups in total. The fraction of sp³-hybridized carbons (Fsp3) is 0.133. The number of nitrogens with one attached hydrogen (secondary N) is 2. The molecule has 5 heteroatoms. The largest absolute Gasteiger partial charge is 0.370 e. The summed E-state index contributed by atoms with van der Waals surface area (Å²) >= 11 is 0. The summed E-state index contributed by atoms with van der Waals surface area (Å²) in [5.74, 6) is -0.559. The smallest absolute Gasteiger partial charge is 0.226 e. The van der Waals surface area contributed by atoms with Crippen molar-refractivity contribution in [2.24, 2.45) is 5.73 Å². The van der Waals surface area contributed by atoms with Crippen LogP contribution in [0.4, 0.5) is 0 Å². The molecule has 0 bridgehead atoms. The maximum absolute atomic E-state index is 11.4. The van der Waals surface area contributed by atoms with E-state index in [1.807, 2.05) is 42.6 Å². The van der Waals surface area contributed by atoms with E-state index in [9.17, 15) is 4.79 Å². The molecule has 1 aromatic carbocycles. The molecular weight excluding hydrogens is 252 g/mol. The summed E-state index contributed by atoms with van der Waals surface area (Å²) in [6, 6.07) is 11.9. The average Bonchev–Trinajstić information content (AvgIpc) is 2.46.